The van der Waals surface area contributed by atoms with Crippen molar-refractivity contribution in [2.75, 3.05) is 0 Å². The molecule has 0 fully saturated rings. The third-order valence-electron chi connectivity index (χ3n) is 1.06. The fourth-order valence-corrected chi connectivity index (χ4v) is 0.830. The summed E-state index contributed by atoms with van der Waals surface area (Å²) >= 11 is 4.57. The summed E-state index contributed by atoms with van der Waals surface area (Å²) in [6.07, 6.45) is 0. The number of hydrogen-bond donors (Lipinski definition) is 2. The van der Waals surface area contributed by atoms with Crippen molar-refractivity contribution in [1.29, 1.82) is 0 Å². The van der Waals surface area contributed by atoms with E-state index in [4.69, 9.17) is 0 Å². The van der Waals surface area contributed by atoms with E-state index >= 15 is 0 Å². The van der Waals surface area contributed by atoms with Crippen molar-refractivity contribution in [3.05, 3.63) is 26.6 Å². The summed E-state index contributed by atoms with van der Waals surface area (Å²) in [5.74, 6) is -0.811. The first-order valence-electron chi connectivity index (χ1n) is 2.60. The van der Waals surface area contributed by atoms with Gasteiger partial charge in [0.1, 0.15) is 0 Å². The standard InChI is InChI=1S/C5H5FN2OS/c1-2-3(6)4(9)8-5(10)7-2/h1H3,(H2,7,8,9,10). The number of aromatic amines is 2. The molecule has 0 unspecified atom stereocenters. The molecule has 0 aliphatic carbocycles. The lowest BCUT2D eigenvalue weighted by Crippen LogP contribution is -2.13. The van der Waals surface area contributed by atoms with Crippen LogP contribution in [0.1, 0.15) is 5.69 Å². The third-order valence-corrected chi connectivity index (χ3v) is 1.26. The van der Waals surface area contributed by atoms with Gasteiger partial charge < -0.3 is 4.98 Å². The molecular weight excluding hydrogens is 155 g/mol. The molecule has 1 heterocycles. The monoisotopic (exact) mass is 160 g/mol. The van der Waals surface area contributed by atoms with E-state index in [1.54, 1.807) is 0 Å². The summed E-state index contributed by atoms with van der Waals surface area (Å²) in [6.45, 7) is 1.44. The second-order valence-electron chi connectivity index (χ2n) is 1.85. The van der Waals surface area contributed by atoms with E-state index in [0.717, 1.165) is 0 Å². The molecule has 2 N–H and O–H groups in total. The molecule has 0 bridgehead atoms. The van der Waals surface area contributed by atoms with E-state index in [1.165, 1.54) is 6.92 Å². The van der Waals surface area contributed by atoms with Crippen molar-refractivity contribution in [2.24, 2.45) is 0 Å². The second kappa shape index (κ2) is 2.34. The molecule has 0 amide bonds. The average molecular weight is 160 g/mol. The lowest BCUT2D eigenvalue weighted by molar-refractivity contribution is 0.586. The van der Waals surface area contributed by atoms with Gasteiger partial charge in [-0.05, 0) is 19.1 Å². The first-order valence-corrected chi connectivity index (χ1v) is 3.01. The fourth-order valence-electron chi connectivity index (χ4n) is 0.585. The van der Waals surface area contributed by atoms with Crippen LogP contribution in [-0.2, 0) is 0 Å². The molecule has 5 heteroatoms. The minimum Gasteiger partial charge on any atom is -0.333 e. The predicted octanol–water partition coefficient (Wildman–Crippen LogP) is 0.880. The lowest BCUT2D eigenvalue weighted by Gasteiger charge is -1.92. The Balaban J connectivity index is 3.62. The Kier molecular flexibility index (Phi) is 1.67. The Morgan fingerprint density at radius 3 is 2.60 bits per heavy atom. The number of aromatic nitrogens is 2. The van der Waals surface area contributed by atoms with Crippen LogP contribution in [0.2, 0.25) is 0 Å². The quantitative estimate of drug-likeness (QED) is 0.553. The number of H-pyrrole nitrogens is 2. The van der Waals surface area contributed by atoms with Crippen molar-refractivity contribution in [2.45, 2.75) is 6.92 Å². The molecule has 0 aromatic carbocycles. The zero-order valence-electron chi connectivity index (χ0n) is 5.19. The SMILES string of the molecule is Cc1[nH]c(=S)[nH]c(=O)c1F. The Morgan fingerprint density at radius 2 is 2.10 bits per heavy atom. The zero-order valence-corrected chi connectivity index (χ0v) is 6.01. The highest BCUT2D eigenvalue weighted by Crippen LogP contribution is 1.91. The van der Waals surface area contributed by atoms with Gasteiger partial charge in [0, 0.05) is 0 Å². The molecule has 54 valence electrons. The van der Waals surface area contributed by atoms with Crippen molar-refractivity contribution in [3.8, 4) is 0 Å². The molecule has 0 saturated heterocycles. The van der Waals surface area contributed by atoms with Gasteiger partial charge in [-0.1, -0.05) is 0 Å². The molecule has 10 heavy (non-hydrogen) atoms. The highest BCUT2D eigenvalue weighted by molar-refractivity contribution is 7.71. The van der Waals surface area contributed by atoms with Crippen LogP contribution in [-0.4, -0.2) is 9.97 Å². The maximum absolute atomic E-state index is 12.5. The zero-order chi connectivity index (χ0) is 7.72. The van der Waals surface area contributed by atoms with Crippen LogP contribution >= 0.6 is 12.2 Å². The van der Waals surface area contributed by atoms with Crippen molar-refractivity contribution in [1.82, 2.24) is 9.97 Å². The van der Waals surface area contributed by atoms with Gasteiger partial charge in [-0.15, -0.1) is 0 Å². The number of halogens is 1. The van der Waals surface area contributed by atoms with E-state index in [2.05, 4.69) is 22.2 Å². The van der Waals surface area contributed by atoms with E-state index in [-0.39, 0.29) is 10.5 Å². The van der Waals surface area contributed by atoms with E-state index in [9.17, 15) is 9.18 Å². The first kappa shape index (κ1) is 7.14. The third kappa shape index (κ3) is 1.13. The normalized spacial score (nSPS) is 9.80. The van der Waals surface area contributed by atoms with Crippen LogP contribution in [0.5, 0.6) is 0 Å². The molecular formula is C5H5FN2OS. The molecule has 0 radical (unpaired) electrons. The minimum absolute atomic E-state index is 0.143. The topological polar surface area (TPSA) is 48.6 Å². The van der Waals surface area contributed by atoms with Crippen molar-refractivity contribution >= 4 is 12.2 Å². The number of hydrogen-bond acceptors (Lipinski definition) is 2. The van der Waals surface area contributed by atoms with Gasteiger partial charge in [0.25, 0.3) is 5.56 Å². The van der Waals surface area contributed by atoms with Crippen LogP contribution in [0.25, 0.3) is 0 Å². The highest BCUT2D eigenvalue weighted by Gasteiger charge is 2.00. The fraction of sp³-hybridized carbons (Fsp3) is 0.200. The average Bonchev–Trinajstić information content (AvgIpc) is 1.82. The van der Waals surface area contributed by atoms with Gasteiger partial charge >= 0.3 is 0 Å². The maximum Gasteiger partial charge on any atom is 0.287 e. The summed E-state index contributed by atoms with van der Waals surface area (Å²) in [6, 6.07) is 0. The van der Waals surface area contributed by atoms with Crippen LogP contribution < -0.4 is 5.56 Å². The Bertz CT molecular complexity index is 353. The molecule has 0 spiro atoms. The molecule has 1 rings (SSSR count). The molecule has 3 nitrogen and oxygen atoms in total. The molecule has 0 aliphatic heterocycles. The van der Waals surface area contributed by atoms with Gasteiger partial charge in [0.05, 0.1) is 5.69 Å². The van der Waals surface area contributed by atoms with Gasteiger partial charge in [-0.2, -0.15) is 4.39 Å². The van der Waals surface area contributed by atoms with Gasteiger partial charge in [-0.25, -0.2) is 0 Å². The maximum atomic E-state index is 12.5. The summed E-state index contributed by atoms with van der Waals surface area (Å²) in [5.41, 5.74) is -0.616. The van der Waals surface area contributed by atoms with Gasteiger partial charge in [0.15, 0.2) is 4.77 Å². The Morgan fingerprint density at radius 1 is 1.50 bits per heavy atom. The Labute approximate surface area is 60.9 Å². The van der Waals surface area contributed by atoms with Crippen LogP contribution in [0.3, 0.4) is 0 Å². The minimum atomic E-state index is -0.811. The van der Waals surface area contributed by atoms with Crippen molar-refractivity contribution < 1.29 is 4.39 Å². The van der Waals surface area contributed by atoms with E-state index in [0.29, 0.717) is 0 Å². The number of nitrogens with one attached hydrogen (secondary N) is 2. The smallest absolute Gasteiger partial charge is 0.287 e. The van der Waals surface area contributed by atoms with Crippen molar-refractivity contribution in [3.63, 3.8) is 0 Å². The summed E-state index contributed by atoms with van der Waals surface area (Å²) in [4.78, 5) is 15.1. The number of aryl methyl sites for hydroxylation is 1. The summed E-state index contributed by atoms with van der Waals surface area (Å²) < 4.78 is 12.6. The van der Waals surface area contributed by atoms with Crippen LogP contribution in [0.4, 0.5) is 4.39 Å². The first-order chi connectivity index (χ1) is 4.61. The largest absolute Gasteiger partial charge is 0.333 e. The number of rotatable bonds is 0. The molecule has 1 aromatic rings. The van der Waals surface area contributed by atoms with E-state index in [1.807, 2.05) is 0 Å². The van der Waals surface area contributed by atoms with Crippen LogP contribution in [0, 0.1) is 17.5 Å². The van der Waals surface area contributed by atoms with Gasteiger partial charge in [0.2, 0.25) is 5.82 Å². The second-order valence-corrected chi connectivity index (χ2v) is 2.26. The molecule has 1 aromatic heterocycles. The molecule has 0 aliphatic rings. The molecule has 0 saturated carbocycles. The highest BCUT2D eigenvalue weighted by atomic mass is 32.1. The Hall–Kier alpha value is -0.970. The van der Waals surface area contributed by atoms with Crippen LogP contribution in [0.15, 0.2) is 4.79 Å². The predicted molar refractivity (Wildman–Crippen MR) is 36.9 cm³/mol. The van der Waals surface area contributed by atoms with Gasteiger partial charge in [-0.3, -0.25) is 9.78 Å². The molecule has 0 atom stereocenters. The summed E-state index contributed by atoms with van der Waals surface area (Å²) in [7, 11) is 0. The summed E-state index contributed by atoms with van der Waals surface area (Å²) in [5, 5.41) is 0. The lowest BCUT2D eigenvalue weighted by atomic mass is 10.4. The van der Waals surface area contributed by atoms with E-state index < -0.39 is 11.4 Å².